The maximum absolute atomic E-state index is 12.5. The molecule has 0 unspecified atom stereocenters. The Hall–Kier alpha value is -1.22. The van der Waals surface area contributed by atoms with E-state index in [4.69, 9.17) is 16.3 Å². The molecule has 0 saturated carbocycles. The molecule has 0 bridgehead atoms. The van der Waals surface area contributed by atoms with E-state index in [1.54, 1.807) is 0 Å². The number of benzene rings is 1. The Morgan fingerprint density at radius 1 is 1.20 bits per heavy atom. The van der Waals surface area contributed by atoms with E-state index in [0.29, 0.717) is 18.0 Å². The van der Waals surface area contributed by atoms with Crippen molar-refractivity contribution in [2.24, 2.45) is 0 Å². The number of hydrogen-bond donors (Lipinski definition) is 0. The van der Waals surface area contributed by atoms with Gasteiger partial charge in [-0.3, -0.25) is 4.79 Å². The minimum atomic E-state index is 0.0428. The monoisotopic (exact) mass is 297 g/mol. The molecule has 4 heteroatoms. The Kier molecular flexibility index (Phi) is 6.86. The molecule has 0 aliphatic rings. The molecule has 0 heterocycles. The normalized spacial score (nSPS) is 10.9. The smallest absolute Gasteiger partial charge is 0.254 e. The molecule has 1 rings (SSSR count). The summed E-state index contributed by atoms with van der Waals surface area (Å²) in [5.41, 5.74) is 0.685. The van der Waals surface area contributed by atoms with Crippen molar-refractivity contribution in [2.75, 3.05) is 12.4 Å². The van der Waals surface area contributed by atoms with Gasteiger partial charge in [0.2, 0.25) is 0 Å². The van der Waals surface area contributed by atoms with Gasteiger partial charge < -0.3 is 9.64 Å². The topological polar surface area (TPSA) is 29.5 Å². The lowest BCUT2D eigenvalue weighted by Gasteiger charge is -2.26. The summed E-state index contributed by atoms with van der Waals surface area (Å²) in [6.07, 6.45) is 0.937. The maximum atomic E-state index is 12.5. The summed E-state index contributed by atoms with van der Waals surface area (Å²) < 4.78 is 5.58. The Labute approximate surface area is 126 Å². The number of rotatable bonds is 7. The van der Waals surface area contributed by atoms with E-state index in [9.17, 15) is 4.79 Å². The first-order valence-corrected chi connectivity index (χ1v) is 7.62. The summed E-state index contributed by atoms with van der Waals surface area (Å²) >= 11 is 5.72. The van der Waals surface area contributed by atoms with Crippen molar-refractivity contribution in [1.82, 2.24) is 4.90 Å². The van der Waals surface area contributed by atoms with E-state index >= 15 is 0 Å². The van der Waals surface area contributed by atoms with Gasteiger partial charge >= 0.3 is 0 Å². The number of carbonyl (C=O) groups is 1. The summed E-state index contributed by atoms with van der Waals surface area (Å²) in [5, 5.41) is 0. The number of nitrogens with zero attached hydrogens (tertiary/aromatic N) is 1. The molecule has 0 aliphatic carbocycles. The Morgan fingerprint density at radius 3 is 2.25 bits per heavy atom. The average Bonchev–Trinajstić information content (AvgIpc) is 2.38. The number of halogens is 1. The highest BCUT2D eigenvalue weighted by molar-refractivity contribution is 6.17. The number of ether oxygens (including phenoxy) is 1. The van der Waals surface area contributed by atoms with Gasteiger partial charge in [-0.05, 0) is 58.4 Å². The van der Waals surface area contributed by atoms with Crippen LogP contribution in [0.2, 0.25) is 0 Å². The molecule has 0 radical (unpaired) electrons. The molecule has 1 aromatic carbocycles. The van der Waals surface area contributed by atoms with Crippen LogP contribution in [0.3, 0.4) is 0 Å². The van der Waals surface area contributed by atoms with Crippen LogP contribution in [0.5, 0.6) is 5.75 Å². The van der Waals surface area contributed by atoms with Crippen molar-refractivity contribution in [3.63, 3.8) is 0 Å². The van der Waals surface area contributed by atoms with Gasteiger partial charge in [-0.1, -0.05) is 0 Å². The molecule has 112 valence electrons. The first-order valence-electron chi connectivity index (χ1n) is 7.09. The lowest BCUT2D eigenvalue weighted by Crippen LogP contribution is -2.37. The van der Waals surface area contributed by atoms with E-state index in [2.05, 4.69) is 0 Å². The van der Waals surface area contributed by atoms with Gasteiger partial charge in [-0.25, -0.2) is 0 Å². The lowest BCUT2D eigenvalue weighted by atomic mass is 10.1. The largest absolute Gasteiger partial charge is 0.491 e. The minimum Gasteiger partial charge on any atom is -0.491 e. The van der Waals surface area contributed by atoms with Gasteiger partial charge in [0.25, 0.3) is 5.91 Å². The molecular formula is C16H24ClNO2. The fourth-order valence-corrected chi connectivity index (χ4v) is 2.06. The van der Waals surface area contributed by atoms with Crippen molar-refractivity contribution >= 4 is 17.5 Å². The van der Waals surface area contributed by atoms with Crippen LogP contribution in [-0.4, -0.2) is 35.4 Å². The summed E-state index contributed by atoms with van der Waals surface area (Å²) in [6.45, 7) is 8.67. The molecule has 0 N–H and O–H groups in total. The van der Waals surface area contributed by atoms with Gasteiger partial charge in [-0.15, -0.1) is 11.6 Å². The molecule has 0 spiro atoms. The van der Waals surface area contributed by atoms with E-state index in [-0.39, 0.29) is 18.1 Å². The van der Waals surface area contributed by atoms with Crippen LogP contribution in [0.1, 0.15) is 44.5 Å². The fourth-order valence-electron chi connectivity index (χ4n) is 1.94. The van der Waals surface area contributed by atoms with Crippen LogP contribution in [0, 0.1) is 0 Å². The van der Waals surface area contributed by atoms with E-state index in [1.165, 1.54) is 0 Å². The molecule has 0 fully saturated rings. The number of hydrogen-bond acceptors (Lipinski definition) is 2. The number of alkyl halides is 1. The highest BCUT2D eigenvalue weighted by atomic mass is 35.5. The molecule has 0 saturated heterocycles. The summed E-state index contributed by atoms with van der Waals surface area (Å²) in [5.74, 6) is 1.40. The van der Waals surface area contributed by atoms with Crippen molar-refractivity contribution in [3.8, 4) is 5.75 Å². The molecule has 1 aromatic rings. The maximum Gasteiger partial charge on any atom is 0.254 e. The Bertz CT molecular complexity index is 415. The SMILES string of the molecule is CC(C)Oc1ccc(C(=O)N(CCCCl)C(C)C)cc1. The third-order valence-electron chi connectivity index (χ3n) is 2.89. The lowest BCUT2D eigenvalue weighted by molar-refractivity contribution is 0.0706. The van der Waals surface area contributed by atoms with Crippen LogP contribution in [0.25, 0.3) is 0 Å². The third kappa shape index (κ3) is 5.04. The predicted octanol–water partition coefficient (Wildman–Crippen LogP) is 3.95. The van der Waals surface area contributed by atoms with E-state index < -0.39 is 0 Å². The first kappa shape index (κ1) is 16.8. The number of amides is 1. The van der Waals surface area contributed by atoms with Gasteiger partial charge in [-0.2, -0.15) is 0 Å². The molecule has 0 atom stereocenters. The average molecular weight is 298 g/mol. The van der Waals surface area contributed by atoms with Gasteiger partial charge in [0, 0.05) is 24.0 Å². The standard InChI is InChI=1S/C16H24ClNO2/c1-12(2)18(11-5-10-17)16(19)14-6-8-15(9-7-14)20-13(3)4/h6-9,12-13H,5,10-11H2,1-4H3. The minimum absolute atomic E-state index is 0.0428. The zero-order valence-electron chi connectivity index (χ0n) is 12.7. The van der Waals surface area contributed by atoms with Crippen molar-refractivity contribution < 1.29 is 9.53 Å². The van der Waals surface area contributed by atoms with Crippen LogP contribution < -0.4 is 4.74 Å². The van der Waals surface area contributed by atoms with Crippen LogP contribution in [0.4, 0.5) is 0 Å². The molecule has 0 aliphatic heterocycles. The highest BCUT2D eigenvalue weighted by Crippen LogP contribution is 2.16. The Morgan fingerprint density at radius 2 is 1.80 bits per heavy atom. The van der Waals surface area contributed by atoms with Gasteiger partial charge in [0.1, 0.15) is 5.75 Å². The van der Waals surface area contributed by atoms with Gasteiger partial charge in [0.05, 0.1) is 6.10 Å². The molecule has 20 heavy (non-hydrogen) atoms. The number of carbonyl (C=O) groups excluding carboxylic acids is 1. The van der Waals surface area contributed by atoms with Crippen LogP contribution in [-0.2, 0) is 0 Å². The van der Waals surface area contributed by atoms with Crippen molar-refractivity contribution in [1.29, 1.82) is 0 Å². The second-order valence-electron chi connectivity index (χ2n) is 5.33. The first-order chi connectivity index (χ1) is 9.45. The molecular weight excluding hydrogens is 274 g/mol. The van der Waals surface area contributed by atoms with Crippen LogP contribution in [0.15, 0.2) is 24.3 Å². The Balaban J connectivity index is 2.78. The zero-order valence-corrected chi connectivity index (χ0v) is 13.5. The molecule has 0 aromatic heterocycles. The zero-order chi connectivity index (χ0) is 15.1. The quantitative estimate of drug-likeness (QED) is 0.713. The molecule has 3 nitrogen and oxygen atoms in total. The predicted molar refractivity (Wildman–Crippen MR) is 83.7 cm³/mol. The van der Waals surface area contributed by atoms with Crippen molar-refractivity contribution in [2.45, 2.75) is 46.3 Å². The van der Waals surface area contributed by atoms with E-state index in [0.717, 1.165) is 12.2 Å². The molecule has 1 amide bonds. The highest BCUT2D eigenvalue weighted by Gasteiger charge is 2.18. The summed E-state index contributed by atoms with van der Waals surface area (Å²) in [6, 6.07) is 7.48. The summed E-state index contributed by atoms with van der Waals surface area (Å²) in [7, 11) is 0. The second kappa shape index (κ2) is 8.15. The second-order valence-corrected chi connectivity index (χ2v) is 5.70. The summed E-state index contributed by atoms with van der Waals surface area (Å²) in [4.78, 5) is 14.3. The van der Waals surface area contributed by atoms with Gasteiger partial charge in [0.15, 0.2) is 0 Å². The van der Waals surface area contributed by atoms with Crippen molar-refractivity contribution in [3.05, 3.63) is 29.8 Å². The van der Waals surface area contributed by atoms with E-state index in [1.807, 2.05) is 56.9 Å². The van der Waals surface area contributed by atoms with Crippen LogP contribution >= 0.6 is 11.6 Å². The third-order valence-corrected chi connectivity index (χ3v) is 3.16. The fraction of sp³-hybridized carbons (Fsp3) is 0.562.